The standard InChI is InChI=1S/C27H22ClFN2O4S/c1-2-33-26(32)15-36-27-19-4-3-9-30-24(19)14-35-25-8-7-18(11-20(25)27)34-13-17-6-5-16-10-22(29)21(28)12-23(16)31-17/h3-12,27H,2,13-15H2,1H3. The maximum absolute atomic E-state index is 13.7. The van der Waals surface area contributed by atoms with Gasteiger partial charge in [-0.05, 0) is 55.0 Å². The Morgan fingerprint density at radius 2 is 2.08 bits per heavy atom. The van der Waals surface area contributed by atoms with Gasteiger partial charge in [0.15, 0.2) is 0 Å². The molecule has 0 saturated heterocycles. The Hall–Kier alpha value is -3.36. The first-order chi connectivity index (χ1) is 17.5. The van der Waals surface area contributed by atoms with E-state index in [4.69, 9.17) is 25.8 Å². The maximum atomic E-state index is 13.7. The minimum atomic E-state index is -0.477. The number of fused-ring (bicyclic) bond motifs is 3. The number of carbonyl (C=O) groups excluding carboxylic acids is 1. The summed E-state index contributed by atoms with van der Waals surface area (Å²) >= 11 is 7.38. The van der Waals surface area contributed by atoms with E-state index in [-0.39, 0.29) is 28.6 Å². The lowest BCUT2D eigenvalue weighted by atomic mass is 10.0. The largest absolute Gasteiger partial charge is 0.487 e. The highest BCUT2D eigenvalue weighted by Crippen LogP contribution is 2.45. The summed E-state index contributed by atoms with van der Waals surface area (Å²) in [6.07, 6.45) is 1.73. The van der Waals surface area contributed by atoms with Gasteiger partial charge >= 0.3 is 5.97 Å². The summed E-state index contributed by atoms with van der Waals surface area (Å²) < 4.78 is 31.0. The summed E-state index contributed by atoms with van der Waals surface area (Å²) in [5.74, 6) is 0.790. The number of nitrogens with zero attached hydrogens (tertiary/aromatic N) is 2. The van der Waals surface area contributed by atoms with E-state index in [1.807, 2.05) is 30.3 Å². The van der Waals surface area contributed by atoms with E-state index in [9.17, 15) is 9.18 Å². The van der Waals surface area contributed by atoms with Gasteiger partial charge in [-0.15, -0.1) is 11.8 Å². The average molecular weight is 525 g/mol. The molecule has 2 aromatic heterocycles. The first-order valence-electron chi connectivity index (χ1n) is 11.4. The number of benzene rings is 2. The van der Waals surface area contributed by atoms with Crippen LogP contribution in [0, 0.1) is 5.82 Å². The van der Waals surface area contributed by atoms with Crippen LogP contribution in [0.15, 0.2) is 60.8 Å². The number of carbonyl (C=O) groups is 1. The molecule has 9 heteroatoms. The van der Waals surface area contributed by atoms with Gasteiger partial charge in [-0.3, -0.25) is 9.78 Å². The van der Waals surface area contributed by atoms with Crippen LogP contribution in [0.2, 0.25) is 5.02 Å². The second kappa shape index (κ2) is 10.7. The molecule has 0 saturated carbocycles. The van der Waals surface area contributed by atoms with Crippen molar-refractivity contribution in [2.45, 2.75) is 25.4 Å². The summed E-state index contributed by atoms with van der Waals surface area (Å²) in [5.41, 5.74) is 3.98. The number of hydrogen-bond donors (Lipinski definition) is 0. The summed E-state index contributed by atoms with van der Waals surface area (Å²) in [5, 5.41) is 0.506. The number of rotatable bonds is 7. The van der Waals surface area contributed by atoms with Gasteiger partial charge in [0, 0.05) is 17.1 Å². The van der Waals surface area contributed by atoms with Gasteiger partial charge in [-0.25, -0.2) is 9.37 Å². The van der Waals surface area contributed by atoms with Crippen LogP contribution in [-0.4, -0.2) is 28.3 Å². The highest BCUT2D eigenvalue weighted by Gasteiger charge is 2.27. The molecule has 0 N–H and O–H groups in total. The number of aromatic nitrogens is 2. The van der Waals surface area contributed by atoms with Gasteiger partial charge in [0.25, 0.3) is 0 Å². The molecule has 0 spiro atoms. The molecule has 0 bridgehead atoms. The van der Waals surface area contributed by atoms with Crippen LogP contribution < -0.4 is 9.47 Å². The van der Waals surface area contributed by atoms with E-state index >= 15 is 0 Å². The molecule has 36 heavy (non-hydrogen) atoms. The fourth-order valence-electron chi connectivity index (χ4n) is 4.01. The third kappa shape index (κ3) is 5.24. The van der Waals surface area contributed by atoms with Gasteiger partial charge < -0.3 is 14.2 Å². The van der Waals surface area contributed by atoms with E-state index in [2.05, 4.69) is 9.97 Å². The molecule has 0 fully saturated rings. The quantitative estimate of drug-likeness (QED) is 0.263. The molecule has 6 nitrogen and oxygen atoms in total. The first-order valence-corrected chi connectivity index (χ1v) is 12.8. The number of pyridine rings is 2. The lowest BCUT2D eigenvalue weighted by Crippen LogP contribution is -2.10. The van der Waals surface area contributed by atoms with Crippen LogP contribution in [0.5, 0.6) is 11.5 Å². The zero-order valence-corrected chi connectivity index (χ0v) is 20.9. The van der Waals surface area contributed by atoms with Crippen molar-refractivity contribution in [2.75, 3.05) is 12.4 Å². The molecule has 1 aliphatic heterocycles. The Morgan fingerprint density at radius 3 is 2.94 bits per heavy atom. The maximum Gasteiger partial charge on any atom is 0.315 e. The zero-order chi connectivity index (χ0) is 25.1. The predicted molar refractivity (Wildman–Crippen MR) is 137 cm³/mol. The lowest BCUT2D eigenvalue weighted by molar-refractivity contribution is -0.139. The van der Waals surface area contributed by atoms with Crippen LogP contribution in [0.4, 0.5) is 4.39 Å². The van der Waals surface area contributed by atoms with E-state index in [1.165, 1.54) is 23.9 Å². The van der Waals surface area contributed by atoms with Crippen LogP contribution in [0.1, 0.15) is 34.7 Å². The minimum absolute atomic E-state index is 0.0277. The predicted octanol–water partition coefficient (Wildman–Crippen LogP) is 6.28. The van der Waals surface area contributed by atoms with Crippen LogP contribution in [0.25, 0.3) is 10.9 Å². The fourth-order valence-corrected chi connectivity index (χ4v) is 5.31. The molecule has 5 rings (SSSR count). The van der Waals surface area contributed by atoms with Gasteiger partial charge in [0.05, 0.1) is 39.5 Å². The lowest BCUT2D eigenvalue weighted by Gasteiger charge is -2.19. The number of hydrogen-bond acceptors (Lipinski definition) is 7. The van der Waals surface area contributed by atoms with Crippen molar-refractivity contribution in [3.63, 3.8) is 0 Å². The molecular weight excluding hydrogens is 503 g/mol. The molecule has 0 amide bonds. The van der Waals surface area contributed by atoms with Crippen molar-refractivity contribution in [3.8, 4) is 11.5 Å². The molecule has 1 aliphatic rings. The summed E-state index contributed by atoms with van der Waals surface area (Å²) in [4.78, 5) is 21.1. The van der Waals surface area contributed by atoms with Gasteiger partial charge in [-0.1, -0.05) is 23.7 Å². The fraction of sp³-hybridized carbons (Fsp3) is 0.222. The Balaban J connectivity index is 1.40. The number of ether oxygens (including phenoxy) is 3. The molecule has 0 radical (unpaired) electrons. The minimum Gasteiger partial charge on any atom is -0.487 e. The molecule has 2 aromatic carbocycles. The van der Waals surface area contributed by atoms with Crippen molar-refractivity contribution in [3.05, 3.63) is 94.1 Å². The van der Waals surface area contributed by atoms with Crippen molar-refractivity contribution < 1.29 is 23.4 Å². The Labute approximate surface area is 216 Å². The SMILES string of the molecule is CCOC(=O)CSC1c2cc(OCc3ccc4cc(F)c(Cl)cc4n3)ccc2OCc2ncccc21. The third-order valence-corrected chi connectivity index (χ3v) is 7.22. The molecule has 3 heterocycles. The van der Waals surface area contributed by atoms with Gasteiger partial charge in [0.2, 0.25) is 0 Å². The van der Waals surface area contributed by atoms with Crippen molar-refractivity contribution in [2.24, 2.45) is 0 Å². The first kappa shape index (κ1) is 24.3. The molecule has 1 atom stereocenters. The molecule has 184 valence electrons. The molecule has 0 aliphatic carbocycles. The number of esters is 1. The Kier molecular flexibility index (Phi) is 7.25. The van der Waals surface area contributed by atoms with E-state index in [0.717, 1.165) is 16.8 Å². The highest BCUT2D eigenvalue weighted by molar-refractivity contribution is 8.00. The highest BCUT2D eigenvalue weighted by atomic mass is 35.5. The van der Waals surface area contributed by atoms with E-state index in [0.29, 0.717) is 41.3 Å². The Bertz CT molecular complexity index is 1430. The number of halogens is 2. The monoisotopic (exact) mass is 524 g/mol. The average Bonchev–Trinajstić information content (AvgIpc) is 3.03. The second-order valence-electron chi connectivity index (χ2n) is 8.07. The summed E-state index contributed by atoms with van der Waals surface area (Å²) in [6, 6.07) is 16.0. The zero-order valence-electron chi connectivity index (χ0n) is 19.4. The molecule has 1 unspecified atom stereocenters. The van der Waals surface area contributed by atoms with Crippen LogP contribution >= 0.6 is 23.4 Å². The van der Waals surface area contributed by atoms with E-state index in [1.54, 1.807) is 25.3 Å². The third-order valence-electron chi connectivity index (χ3n) is 5.68. The van der Waals surface area contributed by atoms with E-state index < -0.39 is 5.82 Å². The van der Waals surface area contributed by atoms with Gasteiger partial charge in [-0.2, -0.15) is 0 Å². The normalized spacial score (nSPS) is 14.4. The van der Waals surface area contributed by atoms with Crippen molar-refractivity contribution in [1.29, 1.82) is 0 Å². The summed E-state index contributed by atoms with van der Waals surface area (Å²) in [6.45, 7) is 2.68. The van der Waals surface area contributed by atoms with Crippen LogP contribution in [0.3, 0.4) is 0 Å². The topological polar surface area (TPSA) is 70.5 Å². The molecular formula is C27H22ClFN2O4S. The smallest absolute Gasteiger partial charge is 0.315 e. The van der Waals surface area contributed by atoms with Gasteiger partial charge in [0.1, 0.15) is 30.5 Å². The second-order valence-corrected chi connectivity index (χ2v) is 9.57. The Morgan fingerprint density at radius 1 is 1.19 bits per heavy atom. The van der Waals surface area contributed by atoms with Crippen molar-refractivity contribution in [1.82, 2.24) is 9.97 Å². The van der Waals surface area contributed by atoms with Crippen molar-refractivity contribution >= 4 is 40.2 Å². The molecule has 4 aromatic rings. The number of thioether (sulfide) groups is 1. The summed E-state index contributed by atoms with van der Waals surface area (Å²) in [7, 11) is 0. The van der Waals surface area contributed by atoms with Crippen LogP contribution in [-0.2, 0) is 22.7 Å².